The predicted octanol–water partition coefficient (Wildman–Crippen LogP) is 3.47. The Bertz CT molecular complexity index is 911. The maximum atomic E-state index is 6.24. The van der Waals surface area contributed by atoms with E-state index in [2.05, 4.69) is 39.2 Å². The molecule has 0 aliphatic carbocycles. The van der Waals surface area contributed by atoms with Crippen LogP contribution in [0.3, 0.4) is 0 Å². The highest BCUT2D eigenvalue weighted by molar-refractivity contribution is 5.93. The number of hydrogen-bond acceptors (Lipinski definition) is 6. The van der Waals surface area contributed by atoms with E-state index in [1.165, 1.54) is 25.1 Å². The lowest BCUT2D eigenvalue weighted by Gasteiger charge is -2.30. The molecule has 0 amide bonds. The topological polar surface area (TPSA) is 76.3 Å². The van der Waals surface area contributed by atoms with Crippen LogP contribution in [0.15, 0.2) is 48.8 Å². The van der Waals surface area contributed by atoms with Crippen LogP contribution in [0, 0.1) is 0 Å². The average Bonchev–Trinajstić information content (AvgIpc) is 2.65. The number of nitrogens with one attached hydrogen (secondary N) is 1. The summed E-state index contributed by atoms with van der Waals surface area (Å²) in [4.78, 5) is 11.2. The molecule has 6 nitrogen and oxygen atoms in total. The minimum atomic E-state index is 0.123. The quantitative estimate of drug-likeness (QED) is 0.626. The average molecular weight is 363 g/mol. The summed E-state index contributed by atoms with van der Waals surface area (Å²) >= 11 is 0. The van der Waals surface area contributed by atoms with Crippen LogP contribution in [0.1, 0.15) is 24.9 Å². The molecule has 3 N–H and O–H groups in total. The lowest BCUT2D eigenvalue weighted by Crippen LogP contribution is -2.39. The third kappa shape index (κ3) is 3.95. The van der Waals surface area contributed by atoms with Gasteiger partial charge in [0.2, 0.25) is 0 Å². The Morgan fingerprint density at radius 2 is 2.00 bits per heavy atom. The van der Waals surface area contributed by atoms with Crippen molar-refractivity contribution in [3.8, 4) is 5.75 Å². The van der Waals surface area contributed by atoms with Crippen LogP contribution in [-0.4, -0.2) is 41.1 Å². The fraction of sp³-hybridized carbons (Fsp3) is 0.333. The molecule has 0 spiro atoms. The van der Waals surface area contributed by atoms with Crippen LogP contribution >= 0.6 is 0 Å². The van der Waals surface area contributed by atoms with Gasteiger partial charge >= 0.3 is 0 Å². The van der Waals surface area contributed by atoms with E-state index in [4.69, 9.17) is 10.5 Å². The molecule has 0 bridgehead atoms. The normalized spacial score (nSPS) is 15.3. The number of ether oxygens (including phenoxy) is 1. The molecule has 140 valence electrons. The number of nitrogen functional groups attached to an aromatic ring is 1. The van der Waals surface area contributed by atoms with E-state index in [9.17, 15) is 0 Å². The van der Waals surface area contributed by atoms with Gasteiger partial charge in [-0.2, -0.15) is 0 Å². The van der Waals surface area contributed by atoms with Gasteiger partial charge in [0.1, 0.15) is 24.5 Å². The van der Waals surface area contributed by atoms with Gasteiger partial charge < -0.3 is 15.8 Å². The summed E-state index contributed by atoms with van der Waals surface area (Å²) in [6.07, 6.45) is 2.86. The Morgan fingerprint density at radius 3 is 2.74 bits per heavy atom. The molecule has 1 atom stereocenters. The second-order valence-electron chi connectivity index (χ2n) is 6.95. The monoisotopic (exact) mass is 363 g/mol. The zero-order chi connectivity index (χ0) is 18.6. The largest absolute Gasteiger partial charge is 0.490 e. The van der Waals surface area contributed by atoms with Gasteiger partial charge in [-0.3, -0.25) is 4.90 Å². The highest BCUT2D eigenvalue weighted by atomic mass is 16.5. The molecule has 4 rings (SSSR count). The van der Waals surface area contributed by atoms with Crippen LogP contribution in [0.2, 0.25) is 0 Å². The minimum absolute atomic E-state index is 0.123. The first-order valence-electron chi connectivity index (χ1n) is 9.41. The van der Waals surface area contributed by atoms with Crippen molar-refractivity contribution in [2.75, 3.05) is 37.3 Å². The Hall–Kier alpha value is -2.86. The van der Waals surface area contributed by atoms with Crippen molar-refractivity contribution in [2.45, 2.75) is 19.4 Å². The van der Waals surface area contributed by atoms with Crippen molar-refractivity contribution in [1.82, 2.24) is 14.9 Å². The van der Waals surface area contributed by atoms with E-state index >= 15 is 0 Å². The molecule has 2 heterocycles. The van der Waals surface area contributed by atoms with Crippen LogP contribution in [0.25, 0.3) is 10.9 Å². The third-order valence-electron chi connectivity index (χ3n) is 5.03. The van der Waals surface area contributed by atoms with Crippen molar-refractivity contribution >= 4 is 22.4 Å². The lowest BCUT2D eigenvalue weighted by atomic mass is 10.1. The summed E-state index contributed by atoms with van der Waals surface area (Å²) in [7, 11) is 0. The molecule has 1 aromatic heterocycles. The van der Waals surface area contributed by atoms with Crippen LogP contribution < -0.4 is 15.8 Å². The highest BCUT2D eigenvalue weighted by Gasteiger charge is 2.15. The van der Waals surface area contributed by atoms with Gasteiger partial charge in [-0.1, -0.05) is 30.3 Å². The number of nitrogens with two attached hydrogens (primary N) is 1. The third-order valence-corrected chi connectivity index (χ3v) is 5.03. The van der Waals surface area contributed by atoms with Crippen molar-refractivity contribution < 1.29 is 4.74 Å². The van der Waals surface area contributed by atoms with Crippen molar-refractivity contribution in [1.29, 1.82) is 0 Å². The predicted molar refractivity (Wildman–Crippen MR) is 109 cm³/mol. The molecule has 0 saturated carbocycles. The number of anilines is 2. The molecule has 27 heavy (non-hydrogen) atoms. The summed E-state index contributed by atoms with van der Waals surface area (Å²) in [5.41, 5.74) is 8.86. The first kappa shape index (κ1) is 17.5. The Morgan fingerprint density at radius 1 is 1.19 bits per heavy atom. The molecule has 3 aromatic rings. The lowest BCUT2D eigenvalue weighted by molar-refractivity contribution is 0.147. The van der Waals surface area contributed by atoms with Crippen LogP contribution in [0.5, 0.6) is 5.75 Å². The maximum absolute atomic E-state index is 6.24. The van der Waals surface area contributed by atoms with Gasteiger partial charge in [-0.15, -0.1) is 0 Å². The Balaban J connectivity index is 1.53. The van der Waals surface area contributed by atoms with E-state index in [0.717, 1.165) is 23.3 Å². The Kier molecular flexibility index (Phi) is 5.07. The van der Waals surface area contributed by atoms with Crippen LogP contribution in [-0.2, 0) is 0 Å². The molecule has 1 unspecified atom stereocenters. The molecule has 2 aromatic carbocycles. The molecule has 1 saturated heterocycles. The van der Waals surface area contributed by atoms with Gasteiger partial charge in [0, 0.05) is 24.0 Å². The first-order chi connectivity index (χ1) is 13.2. The van der Waals surface area contributed by atoms with Gasteiger partial charge in [0.05, 0.1) is 11.2 Å². The molecular formula is C21H25N5O. The van der Waals surface area contributed by atoms with E-state index in [1.807, 2.05) is 30.3 Å². The second kappa shape index (κ2) is 7.80. The smallest absolute Gasteiger partial charge is 0.144 e. The summed E-state index contributed by atoms with van der Waals surface area (Å²) in [6.45, 7) is 6.01. The van der Waals surface area contributed by atoms with Gasteiger partial charge in [-0.25, -0.2) is 9.97 Å². The highest BCUT2D eigenvalue weighted by Crippen LogP contribution is 2.31. The van der Waals surface area contributed by atoms with E-state index in [1.54, 1.807) is 6.33 Å². The number of nitrogens with zero attached hydrogens (tertiary/aromatic N) is 3. The molecular weight excluding hydrogens is 338 g/mol. The number of rotatable bonds is 7. The summed E-state index contributed by atoms with van der Waals surface area (Å²) < 4.78 is 5.89. The fourth-order valence-corrected chi connectivity index (χ4v) is 3.26. The molecule has 1 aliphatic rings. The van der Waals surface area contributed by atoms with Gasteiger partial charge in [0.15, 0.2) is 0 Å². The maximum Gasteiger partial charge on any atom is 0.144 e. The summed E-state index contributed by atoms with van der Waals surface area (Å²) in [5.74, 6) is 1.46. The molecule has 1 fully saturated rings. The number of fused-ring (bicyclic) bond motifs is 1. The number of hydrogen-bond donors (Lipinski definition) is 2. The van der Waals surface area contributed by atoms with Crippen molar-refractivity contribution in [3.05, 3.63) is 54.4 Å². The molecule has 6 heteroatoms. The SMILES string of the molecule is CC(Nc1ncnc2cc(OCCN3CCC3)c(N)cc12)c1ccccc1. The van der Waals surface area contributed by atoms with Crippen molar-refractivity contribution in [2.24, 2.45) is 0 Å². The minimum Gasteiger partial charge on any atom is -0.490 e. The summed E-state index contributed by atoms with van der Waals surface area (Å²) in [6, 6.07) is 14.2. The standard InChI is InChI=1S/C21H25N5O/c1-15(16-6-3-2-4-7-16)25-21-17-12-18(22)20(13-19(17)23-14-24-21)27-11-10-26-8-5-9-26/h2-4,6-7,12-15H,5,8-11,22H2,1H3,(H,23,24,25). The van der Waals surface area contributed by atoms with Gasteiger partial charge in [0.25, 0.3) is 0 Å². The van der Waals surface area contributed by atoms with E-state index < -0.39 is 0 Å². The second-order valence-corrected chi connectivity index (χ2v) is 6.95. The number of aromatic nitrogens is 2. The van der Waals surface area contributed by atoms with Crippen molar-refractivity contribution in [3.63, 3.8) is 0 Å². The van der Waals surface area contributed by atoms with E-state index in [0.29, 0.717) is 18.0 Å². The zero-order valence-electron chi connectivity index (χ0n) is 15.6. The fourth-order valence-electron chi connectivity index (χ4n) is 3.26. The summed E-state index contributed by atoms with van der Waals surface area (Å²) in [5, 5.41) is 4.36. The Labute approximate surface area is 159 Å². The van der Waals surface area contributed by atoms with Gasteiger partial charge in [-0.05, 0) is 38.1 Å². The first-order valence-corrected chi connectivity index (χ1v) is 9.41. The van der Waals surface area contributed by atoms with E-state index in [-0.39, 0.29) is 6.04 Å². The van der Waals surface area contributed by atoms with Crippen LogP contribution in [0.4, 0.5) is 11.5 Å². The molecule has 1 aliphatic heterocycles. The number of likely N-dealkylation sites (tertiary alicyclic amines) is 1. The number of benzene rings is 2. The zero-order valence-corrected chi connectivity index (χ0v) is 15.6. The molecule has 0 radical (unpaired) electrons.